The zero-order chi connectivity index (χ0) is 19.4. The first-order chi connectivity index (χ1) is 11.3. The molecule has 1 aromatic carbocycles. The summed E-state index contributed by atoms with van der Waals surface area (Å²) < 4.78 is 75.3. The average molecular weight is 592 g/mol. The number of benzene rings is 1. The second-order valence-corrected chi connectivity index (χ2v) is 14.8. The van der Waals surface area contributed by atoms with Crippen LogP contribution in [0.15, 0.2) is 18.2 Å². The standard InChI is InChI=1S/C12H19N2.Bi.2H2O4S/c1-13(2)9-11-6-5-7-12(8-11)10-14(3)4;;2*1-5(2,3)4/h5-7H,9-10H2,1-4H3;;2*(H2,1,2,3,4)/q;+2;;/p-4. The zero-order valence-electron chi connectivity index (χ0n) is 14.1. The van der Waals surface area contributed by atoms with Gasteiger partial charge < -0.3 is 0 Å². The van der Waals surface area contributed by atoms with Gasteiger partial charge in [0.25, 0.3) is 0 Å². The minimum atomic E-state index is -5.25. The van der Waals surface area contributed by atoms with Crippen LogP contribution in [-0.4, -0.2) is 86.6 Å². The molecule has 25 heavy (non-hydrogen) atoms. The molecule has 0 fully saturated rings. The van der Waals surface area contributed by atoms with Crippen LogP contribution in [0.3, 0.4) is 0 Å². The van der Waals surface area contributed by atoms with Crippen molar-refractivity contribution in [2.45, 2.75) is 13.1 Å². The van der Waals surface area contributed by atoms with E-state index in [1.807, 2.05) is 0 Å². The third-order valence-electron chi connectivity index (χ3n) is 2.68. The van der Waals surface area contributed by atoms with Gasteiger partial charge in [0, 0.05) is 0 Å². The first kappa shape index (κ1) is 22.8. The topological polar surface area (TPSA) is 139 Å². The Morgan fingerprint density at radius 1 is 0.880 bits per heavy atom. The quantitative estimate of drug-likeness (QED) is 0.188. The molecule has 0 N–H and O–H groups in total. The van der Waals surface area contributed by atoms with Gasteiger partial charge in [0.15, 0.2) is 0 Å². The zero-order valence-corrected chi connectivity index (χ0v) is 19.2. The van der Waals surface area contributed by atoms with E-state index in [1.165, 1.54) is 0 Å². The summed E-state index contributed by atoms with van der Waals surface area (Å²) in [6, 6.07) is 4.98. The fourth-order valence-electron chi connectivity index (χ4n) is 2.07. The summed E-state index contributed by atoms with van der Waals surface area (Å²) in [5.74, 6) is 0. The van der Waals surface area contributed by atoms with Gasteiger partial charge in [-0.2, -0.15) is 0 Å². The van der Waals surface area contributed by atoms with Crippen molar-refractivity contribution in [2.24, 2.45) is 0 Å². The van der Waals surface area contributed by atoms with Crippen LogP contribution in [0.25, 0.3) is 0 Å². The third kappa shape index (κ3) is 8.80. The Balaban J connectivity index is 3.55. The van der Waals surface area contributed by atoms with Crippen LogP contribution in [0, 0.1) is 0 Å². The molecule has 0 amide bonds. The molecule has 0 heterocycles. The summed E-state index contributed by atoms with van der Waals surface area (Å²) in [7, 11) is -3.49. The molecule has 1 rings (SSSR count). The van der Waals surface area contributed by atoms with Crippen molar-refractivity contribution in [1.29, 1.82) is 0 Å². The molecule has 0 saturated carbocycles. The van der Waals surface area contributed by atoms with Gasteiger partial charge in [0.05, 0.1) is 0 Å². The molecule has 1 aromatic rings. The SMILES string of the molecule is CN(C)Cc1cccc(CN(C)C)[c]1[Bi]([O]S(=O)(=O)[O-])[O]S(=O)(=O)[O-]. The molecule has 10 nitrogen and oxygen atoms in total. The summed E-state index contributed by atoms with van der Waals surface area (Å²) >= 11 is -4.68. The number of nitrogens with zero attached hydrogens (tertiary/aromatic N) is 2. The third-order valence-corrected chi connectivity index (χ3v) is 14.4. The van der Waals surface area contributed by atoms with Crippen LogP contribution < -0.4 is 3.27 Å². The van der Waals surface area contributed by atoms with Gasteiger partial charge in [0.1, 0.15) is 0 Å². The molecule has 0 aliphatic heterocycles. The van der Waals surface area contributed by atoms with Crippen molar-refractivity contribution < 1.29 is 30.5 Å². The van der Waals surface area contributed by atoms with Crippen molar-refractivity contribution in [2.75, 3.05) is 28.2 Å². The Bertz CT molecular complexity index is 733. The molecule has 0 atom stereocenters. The van der Waals surface area contributed by atoms with Gasteiger partial charge in [-0.25, -0.2) is 0 Å². The normalized spacial score (nSPS) is 13.2. The fourth-order valence-corrected chi connectivity index (χ4v) is 12.1. The maximum atomic E-state index is 11.0. The predicted molar refractivity (Wildman–Crippen MR) is 88.2 cm³/mol. The van der Waals surface area contributed by atoms with Crippen molar-refractivity contribution in [3.63, 3.8) is 0 Å². The molecule has 13 heteroatoms. The van der Waals surface area contributed by atoms with Crippen molar-refractivity contribution in [3.05, 3.63) is 29.3 Å². The predicted octanol–water partition coefficient (Wildman–Crippen LogP) is -1.54. The molecule has 0 aliphatic rings. The second-order valence-electron chi connectivity index (χ2n) is 5.62. The van der Waals surface area contributed by atoms with Crippen molar-refractivity contribution >= 4 is 46.7 Å². The van der Waals surface area contributed by atoms with E-state index >= 15 is 0 Å². The molecule has 0 aliphatic carbocycles. The second kappa shape index (κ2) is 9.11. The molecule has 0 radical (unpaired) electrons. The van der Waals surface area contributed by atoms with E-state index in [9.17, 15) is 25.9 Å². The summed E-state index contributed by atoms with van der Waals surface area (Å²) in [6.45, 7) is 0.625. The summed E-state index contributed by atoms with van der Waals surface area (Å²) in [5, 5.41) is 0. The maximum absolute atomic E-state index is 11.0. The molecule has 144 valence electrons. The summed E-state index contributed by atoms with van der Waals surface area (Å²) in [5.41, 5.74) is 1.07. The van der Waals surface area contributed by atoms with Gasteiger partial charge in [0.2, 0.25) is 0 Å². The number of hydrogen-bond acceptors (Lipinski definition) is 10. The van der Waals surface area contributed by atoms with E-state index in [1.54, 1.807) is 56.2 Å². The van der Waals surface area contributed by atoms with E-state index in [2.05, 4.69) is 4.52 Å². The van der Waals surface area contributed by atoms with Crippen LogP contribution in [0.5, 0.6) is 0 Å². The Labute approximate surface area is 157 Å². The van der Waals surface area contributed by atoms with Crippen molar-refractivity contribution in [3.8, 4) is 0 Å². The van der Waals surface area contributed by atoms with Crippen LogP contribution in [0.4, 0.5) is 0 Å². The minimum absolute atomic E-state index is 0.207. The van der Waals surface area contributed by atoms with Crippen LogP contribution in [0.1, 0.15) is 11.1 Å². The molecular formula is C12H19BiN2O8S2-2. The van der Waals surface area contributed by atoms with E-state index in [4.69, 9.17) is 0 Å². The van der Waals surface area contributed by atoms with Gasteiger partial charge in [-0.05, 0) is 0 Å². The molecule has 0 unspecified atom stereocenters. The van der Waals surface area contributed by atoms with E-state index in [-0.39, 0.29) is 3.27 Å². The van der Waals surface area contributed by atoms with Crippen LogP contribution >= 0.6 is 0 Å². The Kier molecular flexibility index (Phi) is 8.31. The molecule has 0 aromatic heterocycles. The van der Waals surface area contributed by atoms with E-state index in [0.717, 1.165) is 0 Å². The van der Waals surface area contributed by atoms with Gasteiger partial charge >= 0.3 is 158 Å². The van der Waals surface area contributed by atoms with Crippen LogP contribution in [-0.2, 0) is 38.4 Å². The Hall–Kier alpha value is -0.237. The summed E-state index contributed by atoms with van der Waals surface area (Å²) in [6.07, 6.45) is 0. The van der Waals surface area contributed by atoms with E-state index < -0.39 is 43.4 Å². The number of rotatable bonds is 9. The fraction of sp³-hybridized carbons (Fsp3) is 0.500. The molecule has 0 saturated heterocycles. The Morgan fingerprint density at radius 2 is 1.24 bits per heavy atom. The van der Waals surface area contributed by atoms with Crippen LogP contribution in [0.2, 0.25) is 0 Å². The number of hydrogen-bond donors (Lipinski definition) is 0. The Morgan fingerprint density at radius 3 is 1.52 bits per heavy atom. The molecular weight excluding hydrogens is 573 g/mol. The summed E-state index contributed by atoms with van der Waals surface area (Å²) in [4.78, 5) is 3.52. The van der Waals surface area contributed by atoms with Crippen molar-refractivity contribution in [1.82, 2.24) is 9.80 Å². The van der Waals surface area contributed by atoms with Gasteiger partial charge in [-0.15, -0.1) is 0 Å². The first-order valence-electron chi connectivity index (χ1n) is 6.79. The molecule has 0 bridgehead atoms. The average Bonchev–Trinajstić information content (AvgIpc) is 2.32. The van der Waals surface area contributed by atoms with Gasteiger partial charge in [-0.3, -0.25) is 0 Å². The monoisotopic (exact) mass is 592 g/mol. The first-order valence-corrected chi connectivity index (χ1v) is 14.0. The van der Waals surface area contributed by atoms with Gasteiger partial charge in [-0.1, -0.05) is 0 Å². The molecule has 0 spiro atoms. The van der Waals surface area contributed by atoms with E-state index in [0.29, 0.717) is 24.2 Å².